The van der Waals surface area contributed by atoms with Crippen LogP contribution in [-0.2, 0) is 12.4 Å². The van der Waals surface area contributed by atoms with Gasteiger partial charge in [0, 0.05) is 11.4 Å². The van der Waals surface area contributed by atoms with E-state index >= 15 is 0 Å². The Hall–Kier alpha value is -3.37. The Morgan fingerprint density at radius 3 is 1.76 bits per heavy atom. The predicted molar refractivity (Wildman–Crippen MR) is 91.4 cm³/mol. The van der Waals surface area contributed by atoms with Crippen LogP contribution >= 0.6 is 0 Å². The molecule has 1 heterocycles. The van der Waals surface area contributed by atoms with Crippen LogP contribution < -0.4 is 10.6 Å². The Morgan fingerprint density at radius 1 is 0.724 bits per heavy atom. The molecular weight excluding hydrogens is 405 g/mol. The fourth-order valence-corrected chi connectivity index (χ4v) is 2.33. The Kier molecular flexibility index (Phi) is 5.31. The third-order valence-electron chi connectivity index (χ3n) is 3.64. The molecular formula is C18H11F7N4. The van der Waals surface area contributed by atoms with Gasteiger partial charge in [0.1, 0.15) is 0 Å². The molecule has 0 saturated carbocycles. The first kappa shape index (κ1) is 20.4. The number of hydrogen-bond donors (Lipinski definition) is 2. The molecule has 0 spiro atoms. The standard InChI is InChI=1S/C18H11F7N4/c19-14-9-26-16(28-13-6-2-4-11(8-13)18(23,24)25)29-15(14)27-12-5-1-3-10(7-12)17(20,21)22/h1-9H,(H2,26,27,28,29). The average Bonchev–Trinajstić information content (AvgIpc) is 2.64. The van der Waals surface area contributed by atoms with E-state index in [9.17, 15) is 30.7 Å². The molecule has 0 aliphatic carbocycles. The molecule has 1 aromatic heterocycles. The first-order chi connectivity index (χ1) is 13.5. The van der Waals surface area contributed by atoms with Crippen LogP contribution in [-0.4, -0.2) is 9.97 Å². The fraction of sp³-hybridized carbons (Fsp3) is 0.111. The van der Waals surface area contributed by atoms with E-state index in [2.05, 4.69) is 20.6 Å². The third kappa shape index (κ3) is 5.12. The molecule has 0 bridgehead atoms. The van der Waals surface area contributed by atoms with Crippen LogP contribution in [0.4, 0.5) is 53.9 Å². The van der Waals surface area contributed by atoms with E-state index in [1.807, 2.05) is 0 Å². The van der Waals surface area contributed by atoms with Crippen molar-refractivity contribution < 1.29 is 30.7 Å². The van der Waals surface area contributed by atoms with Crippen molar-refractivity contribution >= 4 is 23.1 Å². The van der Waals surface area contributed by atoms with Gasteiger partial charge in [-0.15, -0.1) is 0 Å². The SMILES string of the molecule is Fc1cnc(Nc2cccc(C(F)(F)F)c2)nc1Nc1cccc(C(F)(F)F)c1. The van der Waals surface area contributed by atoms with E-state index < -0.39 is 35.1 Å². The number of benzene rings is 2. The molecule has 0 unspecified atom stereocenters. The van der Waals surface area contributed by atoms with Gasteiger partial charge in [0.2, 0.25) is 5.95 Å². The third-order valence-corrected chi connectivity index (χ3v) is 3.64. The van der Waals surface area contributed by atoms with Crippen molar-refractivity contribution in [1.29, 1.82) is 0 Å². The lowest BCUT2D eigenvalue weighted by Gasteiger charge is -2.12. The molecule has 0 saturated heterocycles. The summed E-state index contributed by atoms with van der Waals surface area (Å²) in [6.45, 7) is 0. The highest BCUT2D eigenvalue weighted by molar-refractivity contribution is 5.61. The van der Waals surface area contributed by atoms with Gasteiger partial charge in [-0.3, -0.25) is 0 Å². The second-order valence-electron chi connectivity index (χ2n) is 5.80. The van der Waals surface area contributed by atoms with Crippen LogP contribution in [0.1, 0.15) is 11.1 Å². The highest BCUT2D eigenvalue weighted by Crippen LogP contribution is 2.32. The summed E-state index contributed by atoms with van der Waals surface area (Å²) in [5.41, 5.74) is -1.94. The average molecular weight is 416 g/mol. The van der Waals surface area contributed by atoms with Crippen LogP contribution in [0.25, 0.3) is 0 Å². The van der Waals surface area contributed by atoms with Gasteiger partial charge in [0.05, 0.1) is 17.3 Å². The van der Waals surface area contributed by atoms with Gasteiger partial charge in [-0.1, -0.05) is 12.1 Å². The lowest BCUT2D eigenvalue weighted by atomic mass is 10.2. The van der Waals surface area contributed by atoms with Crippen molar-refractivity contribution in [1.82, 2.24) is 9.97 Å². The van der Waals surface area contributed by atoms with Gasteiger partial charge in [0.25, 0.3) is 0 Å². The normalized spacial score (nSPS) is 12.0. The maximum Gasteiger partial charge on any atom is 0.416 e. The van der Waals surface area contributed by atoms with Crippen LogP contribution in [0.15, 0.2) is 54.7 Å². The van der Waals surface area contributed by atoms with E-state index in [1.165, 1.54) is 12.1 Å². The number of anilines is 4. The molecule has 0 atom stereocenters. The Labute approximate surface area is 159 Å². The molecule has 3 aromatic rings. The van der Waals surface area contributed by atoms with Gasteiger partial charge in [-0.25, -0.2) is 9.37 Å². The minimum absolute atomic E-state index is 0.00329. The summed E-state index contributed by atoms with van der Waals surface area (Å²) in [7, 11) is 0. The summed E-state index contributed by atoms with van der Waals surface area (Å²) < 4.78 is 90.7. The molecule has 11 heteroatoms. The van der Waals surface area contributed by atoms with Gasteiger partial charge in [0.15, 0.2) is 11.6 Å². The van der Waals surface area contributed by atoms with Crippen LogP contribution in [0.5, 0.6) is 0 Å². The van der Waals surface area contributed by atoms with Gasteiger partial charge < -0.3 is 10.6 Å². The zero-order chi connectivity index (χ0) is 21.2. The monoisotopic (exact) mass is 416 g/mol. The Balaban J connectivity index is 1.84. The summed E-state index contributed by atoms with van der Waals surface area (Å²) in [6, 6.07) is 8.19. The highest BCUT2D eigenvalue weighted by atomic mass is 19.4. The molecule has 0 aliphatic heterocycles. The van der Waals surface area contributed by atoms with Crippen LogP contribution in [0.3, 0.4) is 0 Å². The fourth-order valence-electron chi connectivity index (χ4n) is 2.33. The van der Waals surface area contributed by atoms with Crippen molar-refractivity contribution in [3.63, 3.8) is 0 Å². The maximum absolute atomic E-state index is 14.0. The molecule has 0 fully saturated rings. The van der Waals surface area contributed by atoms with Crippen molar-refractivity contribution in [2.75, 3.05) is 10.6 Å². The number of hydrogen-bond acceptors (Lipinski definition) is 4. The minimum atomic E-state index is -4.59. The van der Waals surface area contributed by atoms with E-state index in [0.29, 0.717) is 0 Å². The van der Waals surface area contributed by atoms with E-state index in [1.54, 1.807) is 0 Å². The Bertz CT molecular complexity index is 1020. The summed E-state index contributed by atoms with van der Waals surface area (Å²) in [5.74, 6) is -1.66. The Morgan fingerprint density at radius 2 is 1.24 bits per heavy atom. The molecule has 3 rings (SSSR count). The van der Waals surface area contributed by atoms with Gasteiger partial charge in [-0.05, 0) is 36.4 Å². The lowest BCUT2D eigenvalue weighted by Crippen LogP contribution is -2.07. The zero-order valence-corrected chi connectivity index (χ0v) is 14.2. The molecule has 29 heavy (non-hydrogen) atoms. The smallest absolute Gasteiger partial charge is 0.338 e. The lowest BCUT2D eigenvalue weighted by molar-refractivity contribution is -0.138. The second kappa shape index (κ2) is 7.57. The highest BCUT2D eigenvalue weighted by Gasteiger charge is 2.31. The summed E-state index contributed by atoms with van der Waals surface area (Å²) in [6.07, 6.45) is -8.41. The van der Waals surface area contributed by atoms with E-state index in [0.717, 1.165) is 42.6 Å². The molecule has 0 aliphatic rings. The zero-order valence-electron chi connectivity index (χ0n) is 14.2. The van der Waals surface area contributed by atoms with Crippen molar-refractivity contribution in [3.8, 4) is 0 Å². The number of nitrogens with zero attached hydrogens (tertiary/aromatic N) is 2. The number of alkyl halides is 6. The molecule has 0 radical (unpaired) electrons. The molecule has 2 N–H and O–H groups in total. The predicted octanol–water partition coefficient (Wildman–Crippen LogP) is 6.14. The van der Waals surface area contributed by atoms with Crippen LogP contribution in [0, 0.1) is 5.82 Å². The van der Waals surface area contributed by atoms with E-state index in [4.69, 9.17) is 0 Å². The molecule has 152 valence electrons. The number of nitrogens with one attached hydrogen (secondary N) is 2. The van der Waals surface area contributed by atoms with E-state index in [-0.39, 0.29) is 17.3 Å². The number of rotatable bonds is 4. The second-order valence-corrected chi connectivity index (χ2v) is 5.80. The molecule has 0 amide bonds. The molecule has 4 nitrogen and oxygen atoms in total. The maximum atomic E-state index is 14.0. The van der Waals surface area contributed by atoms with Crippen molar-refractivity contribution in [2.24, 2.45) is 0 Å². The number of halogens is 7. The topological polar surface area (TPSA) is 49.8 Å². The first-order valence-electron chi connectivity index (χ1n) is 7.93. The van der Waals surface area contributed by atoms with Crippen LogP contribution in [0.2, 0.25) is 0 Å². The summed E-state index contributed by atoms with van der Waals surface area (Å²) >= 11 is 0. The van der Waals surface area contributed by atoms with Crippen molar-refractivity contribution in [2.45, 2.75) is 12.4 Å². The largest absolute Gasteiger partial charge is 0.416 e. The number of aromatic nitrogens is 2. The van der Waals surface area contributed by atoms with Gasteiger partial charge in [-0.2, -0.15) is 31.3 Å². The molecule has 2 aromatic carbocycles. The summed E-state index contributed by atoms with van der Waals surface area (Å²) in [5, 5.41) is 4.90. The van der Waals surface area contributed by atoms with Crippen molar-refractivity contribution in [3.05, 3.63) is 71.7 Å². The summed E-state index contributed by atoms with van der Waals surface area (Å²) in [4.78, 5) is 7.40. The van der Waals surface area contributed by atoms with Gasteiger partial charge >= 0.3 is 12.4 Å². The minimum Gasteiger partial charge on any atom is -0.338 e. The quantitative estimate of drug-likeness (QED) is 0.502. The first-order valence-corrected chi connectivity index (χ1v) is 7.93.